The number of carbonyl (C=O) groups is 2. The van der Waals surface area contributed by atoms with Crippen molar-refractivity contribution in [3.8, 4) is 0 Å². The van der Waals surface area contributed by atoms with Gasteiger partial charge in [-0.15, -0.1) is 0 Å². The fraction of sp³-hybridized carbons (Fsp3) is 0.714. The van der Waals surface area contributed by atoms with Gasteiger partial charge in [0.1, 0.15) is 6.61 Å². The number of nitrogens with zero attached hydrogens (tertiary/aromatic N) is 1. The molecule has 1 amide bonds. The third kappa shape index (κ3) is 2.90. The number of hydrogen-bond donors (Lipinski definition) is 2. The zero-order valence-corrected chi connectivity index (χ0v) is 6.97. The molecule has 0 radical (unpaired) electrons. The molecule has 0 bridgehead atoms. The average molecular weight is 189 g/mol. The van der Waals surface area contributed by atoms with E-state index in [4.69, 9.17) is 14.9 Å². The molecule has 13 heavy (non-hydrogen) atoms. The Morgan fingerprint density at radius 3 is 2.62 bits per heavy atom. The molecule has 0 aromatic carbocycles. The molecular weight excluding hydrogens is 178 g/mol. The number of amides is 1. The summed E-state index contributed by atoms with van der Waals surface area (Å²) in [5.74, 6) is -1.03. The fourth-order valence-electron chi connectivity index (χ4n) is 1.23. The van der Waals surface area contributed by atoms with Crippen molar-refractivity contribution >= 4 is 12.1 Å². The third-order valence-electron chi connectivity index (χ3n) is 1.86. The first-order chi connectivity index (χ1) is 6.09. The Labute approximate surface area is 74.7 Å². The molecule has 6 heteroatoms. The van der Waals surface area contributed by atoms with Crippen LogP contribution in [0.1, 0.15) is 6.42 Å². The monoisotopic (exact) mass is 189 g/mol. The van der Waals surface area contributed by atoms with Crippen molar-refractivity contribution in [3.63, 3.8) is 0 Å². The normalized spacial score (nSPS) is 21.8. The topological polar surface area (TPSA) is 87.1 Å². The van der Waals surface area contributed by atoms with E-state index in [1.807, 2.05) is 0 Å². The van der Waals surface area contributed by atoms with Crippen molar-refractivity contribution in [3.05, 3.63) is 0 Å². The number of carboxylic acids is 1. The molecule has 1 heterocycles. The minimum Gasteiger partial charge on any atom is -0.480 e. The standard InChI is InChI=1S/C7H11NO5/c9-6(10)4-13-5-1-2-8(3-5)7(11)12/h5H,1-4H2,(H,9,10)(H,11,12)/t5-/m1/s1. The molecule has 0 saturated carbocycles. The second-order valence-electron chi connectivity index (χ2n) is 2.84. The summed E-state index contributed by atoms with van der Waals surface area (Å²) in [6.45, 7) is 0.320. The van der Waals surface area contributed by atoms with Crippen LogP contribution < -0.4 is 0 Å². The van der Waals surface area contributed by atoms with E-state index in [-0.39, 0.29) is 19.3 Å². The van der Waals surface area contributed by atoms with Crippen molar-refractivity contribution in [2.75, 3.05) is 19.7 Å². The first-order valence-electron chi connectivity index (χ1n) is 3.91. The zero-order valence-electron chi connectivity index (χ0n) is 6.97. The van der Waals surface area contributed by atoms with Crippen molar-refractivity contribution in [1.82, 2.24) is 4.90 Å². The Hall–Kier alpha value is -1.30. The molecule has 1 fully saturated rings. The van der Waals surface area contributed by atoms with Crippen LogP contribution in [0.4, 0.5) is 4.79 Å². The highest BCUT2D eigenvalue weighted by molar-refractivity contribution is 5.68. The molecule has 2 N–H and O–H groups in total. The van der Waals surface area contributed by atoms with Crippen LogP contribution in [0, 0.1) is 0 Å². The predicted molar refractivity (Wildman–Crippen MR) is 41.6 cm³/mol. The molecule has 1 aliphatic rings. The Balaban J connectivity index is 2.25. The van der Waals surface area contributed by atoms with Crippen LogP contribution in [-0.2, 0) is 9.53 Å². The lowest BCUT2D eigenvalue weighted by atomic mass is 10.3. The van der Waals surface area contributed by atoms with E-state index in [0.29, 0.717) is 13.0 Å². The molecule has 74 valence electrons. The number of ether oxygens (including phenoxy) is 1. The molecule has 0 spiro atoms. The van der Waals surface area contributed by atoms with Crippen LogP contribution in [0.15, 0.2) is 0 Å². The maximum atomic E-state index is 10.4. The van der Waals surface area contributed by atoms with E-state index in [1.165, 1.54) is 4.90 Å². The van der Waals surface area contributed by atoms with Crippen molar-refractivity contribution < 1.29 is 24.5 Å². The van der Waals surface area contributed by atoms with Gasteiger partial charge >= 0.3 is 12.1 Å². The van der Waals surface area contributed by atoms with Crippen LogP contribution in [0.25, 0.3) is 0 Å². The number of carboxylic acid groups (broad SMARTS) is 2. The predicted octanol–water partition coefficient (Wildman–Crippen LogP) is -0.160. The number of hydrogen-bond acceptors (Lipinski definition) is 3. The maximum Gasteiger partial charge on any atom is 0.407 e. The van der Waals surface area contributed by atoms with Gasteiger partial charge in [0.25, 0.3) is 0 Å². The van der Waals surface area contributed by atoms with E-state index in [9.17, 15) is 9.59 Å². The Morgan fingerprint density at radius 2 is 2.15 bits per heavy atom. The molecule has 6 nitrogen and oxygen atoms in total. The summed E-state index contributed by atoms with van der Waals surface area (Å²) in [4.78, 5) is 21.8. The largest absolute Gasteiger partial charge is 0.480 e. The van der Waals surface area contributed by atoms with Gasteiger partial charge in [-0.3, -0.25) is 0 Å². The quantitative estimate of drug-likeness (QED) is 0.644. The first-order valence-corrected chi connectivity index (χ1v) is 3.91. The highest BCUT2D eigenvalue weighted by Gasteiger charge is 2.26. The molecule has 0 aliphatic carbocycles. The fourth-order valence-corrected chi connectivity index (χ4v) is 1.23. The summed E-state index contributed by atoms with van der Waals surface area (Å²) >= 11 is 0. The highest BCUT2D eigenvalue weighted by atomic mass is 16.5. The van der Waals surface area contributed by atoms with Gasteiger partial charge in [-0.1, -0.05) is 0 Å². The molecule has 1 aliphatic heterocycles. The molecule has 1 saturated heterocycles. The Bertz CT molecular complexity index is 217. The summed E-state index contributed by atoms with van der Waals surface area (Å²) in [5, 5.41) is 16.9. The number of rotatable bonds is 3. The molecule has 0 unspecified atom stereocenters. The summed E-state index contributed by atoms with van der Waals surface area (Å²) in [5.41, 5.74) is 0. The van der Waals surface area contributed by atoms with Crippen molar-refractivity contribution in [2.45, 2.75) is 12.5 Å². The first kappa shape index (κ1) is 9.79. The summed E-state index contributed by atoms with van der Waals surface area (Å²) < 4.78 is 4.94. The summed E-state index contributed by atoms with van der Waals surface area (Å²) in [6.07, 6.45) is -0.687. The van der Waals surface area contributed by atoms with E-state index in [2.05, 4.69) is 0 Å². The van der Waals surface area contributed by atoms with Crippen LogP contribution in [0.3, 0.4) is 0 Å². The van der Waals surface area contributed by atoms with Gasteiger partial charge in [-0.2, -0.15) is 0 Å². The average Bonchev–Trinajstić information content (AvgIpc) is 2.48. The lowest BCUT2D eigenvalue weighted by Crippen LogP contribution is -2.29. The van der Waals surface area contributed by atoms with Crippen LogP contribution in [0.5, 0.6) is 0 Å². The van der Waals surface area contributed by atoms with Crippen molar-refractivity contribution in [1.29, 1.82) is 0 Å². The van der Waals surface area contributed by atoms with Crippen LogP contribution in [-0.4, -0.2) is 53.0 Å². The lowest BCUT2D eigenvalue weighted by Gasteiger charge is -2.11. The van der Waals surface area contributed by atoms with Gasteiger partial charge in [0, 0.05) is 6.54 Å². The van der Waals surface area contributed by atoms with Crippen molar-refractivity contribution in [2.24, 2.45) is 0 Å². The smallest absolute Gasteiger partial charge is 0.407 e. The molecule has 1 atom stereocenters. The lowest BCUT2D eigenvalue weighted by molar-refractivity contribution is -0.144. The van der Waals surface area contributed by atoms with E-state index >= 15 is 0 Å². The van der Waals surface area contributed by atoms with Gasteiger partial charge < -0.3 is 19.8 Å². The van der Waals surface area contributed by atoms with Gasteiger partial charge in [-0.25, -0.2) is 9.59 Å². The Morgan fingerprint density at radius 1 is 1.46 bits per heavy atom. The summed E-state index contributed by atoms with van der Waals surface area (Å²) in [6, 6.07) is 0. The van der Waals surface area contributed by atoms with E-state index < -0.39 is 12.1 Å². The zero-order chi connectivity index (χ0) is 9.84. The second-order valence-corrected chi connectivity index (χ2v) is 2.84. The van der Waals surface area contributed by atoms with Crippen LogP contribution in [0.2, 0.25) is 0 Å². The van der Waals surface area contributed by atoms with Gasteiger partial charge in [-0.05, 0) is 6.42 Å². The third-order valence-corrected chi connectivity index (χ3v) is 1.86. The number of likely N-dealkylation sites (tertiary alicyclic amines) is 1. The van der Waals surface area contributed by atoms with Gasteiger partial charge in [0.05, 0.1) is 12.6 Å². The van der Waals surface area contributed by atoms with Crippen LogP contribution >= 0.6 is 0 Å². The molecule has 1 rings (SSSR count). The minimum atomic E-state index is -1.03. The van der Waals surface area contributed by atoms with Gasteiger partial charge in [0.2, 0.25) is 0 Å². The van der Waals surface area contributed by atoms with E-state index in [0.717, 1.165) is 0 Å². The minimum absolute atomic E-state index is 0.266. The number of aliphatic carboxylic acids is 1. The summed E-state index contributed by atoms with van der Waals surface area (Å²) in [7, 11) is 0. The van der Waals surface area contributed by atoms with E-state index in [1.54, 1.807) is 0 Å². The molecule has 0 aromatic rings. The van der Waals surface area contributed by atoms with Gasteiger partial charge in [0.15, 0.2) is 0 Å². The Kier molecular flexibility index (Phi) is 3.07. The SMILES string of the molecule is O=C(O)CO[C@@H]1CCN(C(=O)O)C1. The maximum absolute atomic E-state index is 10.4. The molecule has 0 aromatic heterocycles. The highest BCUT2D eigenvalue weighted by Crippen LogP contribution is 2.12. The molecular formula is C7H11NO5. The second kappa shape index (κ2) is 4.08.